The molecule has 1 saturated heterocycles. The highest BCUT2D eigenvalue weighted by molar-refractivity contribution is 5.85. The maximum Gasteiger partial charge on any atom is 0.227 e. The third-order valence-electron chi connectivity index (χ3n) is 3.69. The van der Waals surface area contributed by atoms with E-state index in [0.717, 1.165) is 30.7 Å². The molecule has 21 heavy (non-hydrogen) atoms. The first-order valence-electron chi connectivity index (χ1n) is 7.05. The van der Waals surface area contributed by atoms with E-state index < -0.39 is 0 Å². The molecule has 0 amide bonds. The van der Waals surface area contributed by atoms with Gasteiger partial charge in [0.2, 0.25) is 11.7 Å². The maximum atomic E-state index is 5.32. The van der Waals surface area contributed by atoms with Crippen LogP contribution >= 0.6 is 12.4 Å². The zero-order valence-electron chi connectivity index (χ0n) is 12.0. The second kappa shape index (κ2) is 7.43. The Bertz CT molecular complexity index is 550. The lowest BCUT2D eigenvalue weighted by molar-refractivity contribution is 0.368. The molecule has 1 aromatic heterocycles. The number of nitrogens with one attached hydrogen (secondary N) is 1. The van der Waals surface area contributed by atoms with Crippen LogP contribution in [0.4, 0.5) is 0 Å². The van der Waals surface area contributed by atoms with E-state index in [2.05, 4.69) is 15.5 Å². The third kappa shape index (κ3) is 3.95. The van der Waals surface area contributed by atoms with E-state index in [9.17, 15) is 0 Å². The van der Waals surface area contributed by atoms with Crippen molar-refractivity contribution in [1.82, 2.24) is 15.5 Å². The highest BCUT2D eigenvalue weighted by atomic mass is 35.5. The second-order valence-corrected chi connectivity index (χ2v) is 5.07. The van der Waals surface area contributed by atoms with Crippen molar-refractivity contribution in [2.75, 3.05) is 13.7 Å². The first-order chi connectivity index (χ1) is 9.85. The highest BCUT2D eigenvalue weighted by Gasteiger charge is 2.16. The Labute approximate surface area is 130 Å². The normalized spacial score (nSPS) is 17.5. The van der Waals surface area contributed by atoms with Crippen LogP contribution in [-0.2, 0) is 6.42 Å². The number of aryl methyl sites for hydroxylation is 1. The molecule has 1 unspecified atom stereocenters. The molecule has 5 nitrogen and oxygen atoms in total. The molecule has 114 valence electrons. The number of hydrogen-bond donors (Lipinski definition) is 1. The second-order valence-electron chi connectivity index (χ2n) is 5.07. The SMILES string of the molecule is COc1ccc(-c2noc(CCC3CCCN3)n2)cc1.Cl. The molecule has 1 aromatic carbocycles. The lowest BCUT2D eigenvalue weighted by Crippen LogP contribution is -2.21. The van der Waals surface area contributed by atoms with Gasteiger partial charge in [-0.25, -0.2) is 0 Å². The molecule has 1 N–H and O–H groups in total. The van der Waals surface area contributed by atoms with E-state index in [0.29, 0.717) is 17.8 Å². The zero-order chi connectivity index (χ0) is 13.8. The average molecular weight is 310 g/mol. The Morgan fingerprint density at radius 2 is 2.14 bits per heavy atom. The number of rotatable bonds is 5. The fraction of sp³-hybridized carbons (Fsp3) is 0.467. The lowest BCUT2D eigenvalue weighted by atomic mass is 10.1. The molecular weight excluding hydrogens is 290 g/mol. The van der Waals surface area contributed by atoms with Crippen molar-refractivity contribution in [3.8, 4) is 17.1 Å². The monoisotopic (exact) mass is 309 g/mol. The van der Waals surface area contributed by atoms with Crippen molar-refractivity contribution in [2.24, 2.45) is 0 Å². The van der Waals surface area contributed by atoms with Gasteiger partial charge in [-0.15, -0.1) is 12.4 Å². The van der Waals surface area contributed by atoms with Crippen LogP contribution in [0.5, 0.6) is 5.75 Å². The van der Waals surface area contributed by atoms with Crippen LogP contribution in [0.1, 0.15) is 25.2 Å². The van der Waals surface area contributed by atoms with E-state index in [-0.39, 0.29) is 12.4 Å². The molecule has 0 radical (unpaired) electrons. The van der Waals surface area contributed by atoms with Crippen LogP contribution in [-0.4, -0.2) is 29.8 Å². The van der Waals surface area contributed by atoms with Crippen molar-refractivity contribution < 1.29 is 9.26 Å². The number of aromatic nitrogens is 2. The summed E-state index contributed by atoms with van der Waals surface area (Å²) in [5, 5.41) is 7.51. The average Bonchev–Trinajstić information content (AvgIpc) is 3.17. The van der Waals surface area contributed by atoms with Gasteiger partial charge in [0, 0.05) is 18.0 Å². The van der Waals surface area contributed by atoms with Gasteiger partial charge >= 0.3 is 0 Å². The summed E-state index contributed by atoms with van der Waals surface area (Å²) in [7, 11) is 1.65. The van der Waals surface area contributed by atoms with Crippen LogP contribution in [0.2, 0.25) is 0 Å². The molecule has 0 spiro atoms. The fourth-order valence-electron chi connectivity index (χ4n) is 2.51. The van der Waals surface area contributed by atoms with Gasteiger partial charge in [-0.05, 0) is 50.1 Å². The Morgan fingerprint density at radius 3 is 2.81 bits per heavy atom. The highest BCUT2D eigenvalue weighted by Crippen LogP contribution is 2.20. The molecule has 1 aliphatic rings. The van der Waals surface area contributed by atoms with E-state index in [1.54, 1.807) is 7.11 Å². The molecule has 0 bridgehead atoms. The van der Waals surface area contributed by atoms with Crippen LogP contribution in [0.15, 0.2) is 28.8 Å². The van der Waals surface area contributed by atoms with E-state index in [1.165, 1.54) is 12.8 Å². The summed E-state index contributed by atoms with van der Waals surface area (Å²) in [5.74, 6) is 2.18. The first-order valence-corrected chi connectivity index (χ1v) is 7.05. The Balaban J connectivity index is 0.00000161. The molecule has 3 rings (SSSR count). The first kappa shape index (κ1) is 15.8. The predicted molar refractivity (Wildman–Crippen MR) is 82.9 cm³/mol. The molecule has 6 heteroatoms. The molecule has 2 heterocycles. The maximum absolute atomic E-state index is 5.32. The minimum absolute atomic E-state index is 0. The van der Waals surface area contributed by atoms with Gasteiger partial charge in [0.15, 0.2) is 0 Å². The topological polar surface area (TPSA) is 60.2 Å². The summed E-state index contributed by atoms with van der Waals surface area (Å²) < 4.78 is 10.4. The molecule has 0 saturated carbocycles. The minimum atomic E-state index is 0. The number of hydrogen-bond acceptors (Lipinski definition) is 5. The lowest BCUT2D eigenvalue weighted by Gasteiger charge is -2.06. The largest absolute Gasteiger partial charge is 0.497 e. The van der Waals surface area contributed by atoms with Crippen molar-refractivity contribution in [1.29, 1.82) is 0 Å². The standard InChI is InChI=1S/C15H19N3O2.ClH/c1-19-13-7-4-11(5-8-13)15-17-14(20-18-15)9-6-12-3-2-10-16-12;/h4-5,7-8,12,16H,2-3,6,9-10H2,1H3;1H. The fourth-order valence-corrected chi connectivity index (χ4v) is 2.51. The van der Waals surface area contributed by atoms with Crippen molar-refractivity contribution in [3.05, 3.63) is 30.2 Å². The Hall–Kier alpha value is -1.59. The number of ether oxygens (including phenoxy) is 1. The van der Waals surface area contributed by atoms with Crippen LogP contribution in [0.25, 0.3) is 11.4 Å². The number of nitrogens with zero attached hydrogens (tertiary/aromatic N) is 2. The van der Waals surface area contributed by atoms with Crippen LogP contribution < -0.4 is 10.1 Å². The van der Waals surface area contributed by atoms with E-state index in [4.69, 9.17) is 9.26 Å². The van der Waals surface area contributed by atoms with Gasteiger partial charge in [-0.1, -0.05) is 5.16 Å². The van der Waals surface area contributed by atoms with Gasteiger partial charge in [0.1, 0.15) is 5.75 Å². The Kier molecular flexibility index (Phi) is 5.59. The number of halogens is 1. The summed E-state index contributed by atoms with van der Waals surface area (Å²) >= 11 is 0. The molecule has 0 aliphatic carbocycles. The van der Waals surface area contributed by atoms with Gasteiger partial charge in [-0.2, -0.15) is 4.98 Å². The van der Waals surface area contributed by atoms with Crippen molar-refractivity contribution >= 4 is 12.4 Å². The smallest absolute Gasteiger partial charge is 0.227 e. The predicted octanol–water partition coefficient (Wildman–Crippen LogP) is 2.85. The summed E-state index contributed by atoms with van der Waals surface area (Å²) in [6, 6.07) is 8.27. The quantitative estimate of drug-likeness (QED) is 0.920. The molecule has 2 aromatic rings. The van der Waals surface area contributed by atoms with Crippen molar-refractivity contribution in [3.63, 3.8) is 0 Å². The van der Waals surface area contributed by atoms with Gasteiger partial charge in [0.05, 0.1) is 7.11 Å². The summed E-state index contributed by atoms with van der Waals surface area (Å²) in [6.45, 7) is 1.13. The summed E-state index contributed by atoms with van der Waals surface area (Å²) in [6.07, 6.45) is 4.41. The minimum Gasteiger partial charge on any atom is -0.497 e. The van der Waals surface area contributed by atoms with Crippen LogP contribution in [0.3, 0.4) is 0 Å². The molecular formula is C15H20ClN3O2. The van der Waals surface area contributed by atoms with Gasteiger partial charge < -0.3 is 14.6 Å². The molecule has 1 aliphatic heterocycles. The third-order valence-corrected chi connectivity index (χ3v) is 3.69. The van der Waals surface area contributed by atoms with Crippen molar-refractivity contribution in [2.45, 2.75) is 31.7 Å². The zero-order valence-corrected chi connectivity index (χ0v) is 12.9. The molecule has 1 atom stereocenters. The summed E-state index contributed by atoms with van der Waals surface area (Å²) in [4.78, 5) is 4.45. The molecule has 1 fully saturated rings. The summed E-state index contributed by atoms with van der Waals surface area (Å²) in [5.41, 5.74) is 0.944. The number of benzene rings is 1. The van der Waals surface area contributed by atoms with Gasteiger partial charge in [0.25, 0.3) is 0 Å². The van der Waals surface area contributed by atoms with Gasteiger partial charge in [-0.3, -0.25) is 0 Å². The number of methoxy groups -OCH3 is 1. The Morgan fingerprint density at radius 1 is 1.33 bits per heavy atom. The van der Waals surface area contributed by atoms with E-state index >= 15 is 0 Å². The van der Waals surface area contributed by atoms with Crippen LogP contribution in [0, 0.1) is 0 Å². The van der Waals surface area contributed by atoms with E-state index in [1.807, 2.05) is 24.3 Å².